The van der Waals surface area contributed by atoms with Crippen molar-refractivity contribution in [3.05, 3.63) is 36.0 Å². The lowest BCUT2D eigenvalue weighted by atomic mass is 10.1. The predicted molar refractivity (Wildman–Crippen MR) is 91.0 cm³/mol. The molecule has 2 amide bonds. The fraction of sp³-hybridized carbons (Fsp3) is 0.333. The maximum absolute atomic E-state index is 12.5. The van der Waals surface area contributed by atoms with Gasteiger partial charge in [0.2, 0.25) is 5.91 Å². The summed E-state index contributed by atoms with van der Waals surface area (Å²) in [6.07, 6.45) is 3.05. The number of amides is 2. The van der Waals surface area contributed by atoms with E-state index in [2.05, 4.69) is 16.4 Å². The summed E-state index contributed by atoms with van der Waals surface area (Å²) in [5.74, 6) is 0.0698. The molecular weight excluding hydrogens is 320 g/mol. The number of likely N-dealkylation sites (tertiary alicyclic amines) is 1. The average molecular weight is 338 g/mol. The van der Waals surface area contributed by atoms with Crippen molar-refractivity contribution < 1.29 is 14.3 Å². The maximum Gasteiger partial charge on any atom is 0.252 e. The molecule has 1 aliphatic rings. The number of hydrogen-bond donors (Lipinski definition) is 1. The Morgan fingerprint density at radius 2 is 2.28 bits per heavy atom. The van der Waals surface area contributed by atoms with Gasteiger partial charge in [-0.2, -0.15) is 5.26 Å². The lowest BCUT2D eigenvalue weighted by molar-refractivity contribution is -0.130. The first-order valence-corrected chi connectivity index (χ1v) is 8.04. The van der Waals surface area contributed by atoms with Crippen LogP contribution in [0.15, 0.2) is 30.5 Å². The predicted octanol–water partition coefficient (Wildman–Crippen LogP) is 1.49. The third-order valence-corrected chi connectivity index (χ3v) is 4.32. The molecule has 0 saturated carbocycles. The summed E-state index contributed by atoms with van der Waals surface area (Å²) in [5, 5.41) is 12.4. The molecule has 0 radical (unpaired) electrons. The van der Waals surface area contributed by atoms with Gasteiger partial charge in [0.1, 0.15) is 11.8 Å². The number of ether oxygens (including phenoxy) is 1. The van der Waals surface area contributed by atoms with Crippen molar-refractivity contribution in [1.82, 2.24) is 15.2 Å². The first-order chi connectivity index (χ1) is 12.1. The SMILES string of the molecule is COc1ccc2c(C(=O)NCC(=O)N3CCC[C@H]3C#N)ccnc2c1. The summed E-state index contributed by atoms with van der Waals surface area (Å²) < 4.78 is 5.16. The van der Waals surface area contributed by atoms with Crippen LogP contribution < -0.4 is 10.1 Å². The number of carbonyl (C=O) groups is 2. The van der Waals surface area contributed by atoms with Gasteiger partial charge in [-0.25, -0.2) is 0 Å². The minimum absolute atomic E-state index is 0.128. The molecule has 1 N–H and O–H groups in total. The van der Waals surface area contributed by atoms with Crippen molar-refractivity contribution in [3.63, 3.8) is 0 Å². The van der Waals surface area contributed by atoms with Crippen molar-refractivity contribution in [2.45, 2.75) is 18.9 Å². The van der Waals surface area contributed by atoms with Crippen LogP contribution in [0.4, 0.5) is 0 Å². The molecular formula is C18H18N4O3. The van der Waals surface area contributed by atoms with Crippen LogP contribution in [0.1, 0.15) is 23.2 Å². The Bertz CT molecular complexity index is 859. The quantitative estimate of drug-likeness (QED) is 0.911. The Morgan fingerprint density at radius 1 is 1.44 bits per heavy atom. The first kappa shape index (κ1) is 16.7. The number of nitrogens with zero attached hydrogens (tertiary/aromatic N) is 3. The molecule has 2 heterocycles. The average Bonchev–Trinajstić information content (AvgIpc) is 3.13. The highest BCUT2D eigenvalue weighted by atomic mass is 16.5. The number of carbonyl (C=O) groups excluding carboxylic acids is 2. The van der Waals surface area contributed by atoms with Gasteiger partial charge in [-0.05, 0) is 31.0 Å². The highest BCUT2D eigenvalue weighted by Crippen LogP contribution is 2.22. The molecule has 1 fully saturated rings. The smallest absolute Gasteiger partial charge is 0.252 e. The van der Waals surface area contributed by atoms with Crippen LogP contribution in [0.5, 0.6) is 5.75 Å². The molecule has 3 rings (SSSR count). The standard InChI is InChI=1S/C18H18N4O3/c1-25-13-4-5-14-15(6-7-20-16(14)9-13)18(24)21-11-17(23)22-8-2-3-12(22)10-19/h4-7,9,12H,2-3,8,11H2,1H3,(H,21,24)/t12-/m0/s1. The normalized spacial score (nSPS) is 16.5. The van der Waals surface area contributed by atoms with Crippen molar-refractivity contribution in [3.8, 4) is 11.8 Å². The third kappa shape index (κ3) is 3.38. The lowest BCUT2D eigenvalue weighted by Crippen LogP contribution is -2.42. The van der Waals surface area contributed by atoms with Crippen LogP contribution in [0.25, 0.3) is 10.9 Å². The summed E-state index contributed by atoms with van der Waals surface area (Å²) in [7, 11) is 1.57. The lowest BCUT2D eigenvalue weighted by Gasteiger charge is -2.19. The van der Waals surface area contributed by atoms with Crippen molar-refractivity contribution in [1.29, 1.82) is 5.26 Å². The number of aromatic nitrogens is 1. The van der Waals surface area contributed by atoms with Gasteiger partial charge in [0.15, 0.2) is 0 Å². The zero-order chi connectivity index (χ0) is 17.8. The summed E-state index contributed by atoms with van der Waals surface area (Å²) in [6.45, 7) is 0.432. The van der Waals surface area contributed by atoms with Crippen molar-refractivity contribution >= 4 is 22.7 Å². The Hall–Kier alpha value is -3.14. The molecule has 1 aliphatic heterocycles. The molecule has 128 valence electrons. The van der Waals surface area contributed by atoms with Gasteiger partial charge in [-0.1, -0.05) is 0 Å². The van der Waals surface area contributed by atoms with E-state index in [1.54, 1.807) is 37.6 Å². The van der Waals surface area contributed by atoms with Gasteiger partial charge in [-0.3, -0.25) is 14.6 Å². The largest absolute Gasteiger partial charge is 0.497 e. The minimum atomic E-state index is -0.390. The third-order valence-electron chi connectivity index (χ3n) is 4.32. The molecule has 1 aromatic heterocycles. The van der Waals surface area contributed by atoms with Crippen LogP contribution in [-0.2, 0) is 4.79 Å². The molecule has 25 heavy (non-hydrogen) atoms. The minimum Gasteiger partial charge on any atom is -0.497 e. The number of nitriles is 1. The molecule has 0 spiro atoms. The molecule has 1 saturated heterocycles. The number of rotatable bonds is 4. The second kappa shape index (κ2) is 7.18. The Kier molecular flexibility index (Phi) is 4.80. The Labute approximate surface area is 145 Å². The summed E-state index contributed by atoms with van der Waals surface area (Å²) in [6, 6.07) is 8.62. The van der Waals surface area contributed by atoms with E-state index in [1.165, 1.54) is 4.90 Å². The van der Waals surface area contributed by atoms with E-state index < -0.39 is 6.04 Å². The van der Waals surface area contributed by atoms with Crippen LogP contribution in [-0.4, -0.2) is 47.9 Å². The number of benzene rings is 1. The molecule has 0 aliphatic carbocycles. The highest BCUT2D eigenvalue weighted by Gasteiger charge is 2.28. The maximum atomic E-state index is 12.5. The Morgan fingerprint density at radius 3 is 3.04 bits per heavy atom. The van der Waals surface area contributed by atoms with Crippen LogP contribution in [0.2, 0.25) is 0 Å². The second-order valence-corrected chi connectivity index (χ2v) is 5.80. The van der Waals surface area contributed by atoms with E-state index >= 15 is 0 Å². The van der Waals surface area contributed by atoms with Gasteiger partial charge >= 0.3 is 0 Å². The highest BCUT2D eigenvalue weighted by molar-refractivity contribution is 6.07. The van der Waals surface area contributed by atoms with Crippen molar-refractivity contribution in [2.75, 3.05) is 20.2 Å². The molecule has 1 aromatic carbocycles. The number of fused-ring (bicyclic) bond motifs is 1. The van der Waals surface area contributed by atoms with E-state index in [-0.39, 0.29) is 18.4 Å². The van der Waals surface area contributed by atoms with Gasteiger partial charge in [0.25, 0.3) is 5.91 Å². The van der Waals surface area contributed by atoms with E-state index in [1.807, 2.05) is 0 Å². The van der Waals surface area contributed by atoms with E-state index in [0.29, 0.717) is 35.2 Å². The summed E-state index contributed by atoms with van der Waals surface area (Å²) in [4.78, 5) is 30.5. The number of hydrogen-bond acceptors (Lipinski definition) is 5. The molecule has 2 aromatic rings. The van der Waals surface area contributed by atoms with E-state index in [4.69, 9.17) is 10.00 Å². The molecule has 7 heteroatoms. The van der Waals surface area contributed by atoms with E-state index in [0.717, 1.165) is 6.42 Å². The van der Waals surface area contributed by atoms with Gasteiger partial charge in [0, 0.05) is 24.2 Å². The Balaban J connectivity index is 1.72. The zero-order valence-corrected chi connectivity index (χ0v) is 13.9. The summed E-state index contributed by atoms with van der Waals surface area (Å²) >= 11 is 0. The fourth-order valence-corrected chi connectivity index (χ4v) is 3.00. The second-order valence-electron chi connectivity index (χ2n) is 5.80. The van der Waals surface area contributed by atoms with Gasteiger partial charge in [0.05, 0.1) is 30.8 Å². The topological polar surface area (TPSA) is 95.3 Å². The molecule has 1 atom stereocenters. The fourth-order valence-electron chi connectivity index (χ4n) is 3.00. The molecule has 0 bridgehead atoms. The van der Waals surface area contributed by atoms with Crippen LogP contribution in [0, 0.1) is 11.3 Å². The number of methoxy groups -OCH3 is 1. The van der Waals surface area contributed by atoms with Gasteiger partial charge < -0.3 is 15.0 Å². The van der Waals surface area contributed by atoms with E-state index in [9.17, 15) is 9.59 Å². The van der Waals surface area contributed by atoms with Crippen LogP contribution in [0.3, 0.4) is 0 Å². The monoisotopic (exact) mass is 338 g/mol. The molecule has 7 nitrogen and oxygen atoms in total. The van der Waals surface area contributed by atoms with Gasteiger partial charge in [-0.15, -0.1) is 0 Å². The summed E-state index contributed by atoms with van der Waals surface area (Å²) in [5.41, 5.74) is 1.08. The van der Waals surface area contributed by atoms with Crippen LogP contribution >= 0.6 is 0 Å². The zero-order valence-electron chi connectivity index (χ0n) is 13.9. The number of pyridine rings is 1. The van der Waals surface area contributed by atoms with Crippen molar-refractivity contribution in [2.24, 2.45) is 0 Å². The molecule has 0 unspecified atom stereocenters. The first-order valence-electron chi connectivity index (χ1n) is 8.04. The number of nitrogens with one attached hydrogen (secondary N) is 1.